The third-order valence-corrected chi connectivity index (χ3v) is 3.90. The van der Waals surface area contributed by atoms with Gasteiger partial charge in [0.05, 0.1) is 0 Å². The summed E-state index contributed by atoms with van der Waals surface area (Å²) < 4.78 is 0. The smallest absolute Gasteiger partial charge is 0.0260 e. The van der Waals surface area contributed by atoms with Gasteiger partial charge in [-0.05, 0) is 38.4 Å². The second-order valence-corrected chi connectivity index (χ2v) is 5.14. The number of hydrogen-bond acceptors (Lipinski definition) is 2. The summed E-state index contributed by atoms with van der Waals surface area (Å²) in [7, 11) is 0. The van der Waals surface area contributed by atoms with Crippen LogP contribution in [0.1, 0.15) is 52.9 Å². The summed E-state index contributed by atoms with van der Waals surface area (Å²) in [5, 5.41) is 3.57. The van der Waals surface area contributed by atoms with Crippen molar-refractivity contribution in [2.45, 2.75) is 58.9 Å². The van der Waals surface area contributed by atoms with Crippen LogP contribution in [0.4, 0.5) is 0 Å². The molecule has 1 rings (SSSR count). The van der Waals surface area contributed by atoms with Gasteiger partial charge in [0.1, 0.15) is 0 Å². The van der Waals surface area contributed by atoms with Gasteiger partial charge in [0.2, 0.25) is 0 Å². The van der Waals surface area contributed by atoms with Crippen molar-refractivity contribution < 1.29 is 0 Å². The summed E-state index contributed by atoms with van der Waals surface area (Å²) in [5.74, 6) is 0.883. The lowest BCUT2D eigenvalue weighted by Crippen LogP contribution is -2.41. The summed E-state index contributed by atoms with van der Waals surface area (Å²) >= 11 is 0. The van der Waals surface area contributed by atoms with Crippen molar-refractivity contribution in [3.63, 3.8) is 0 Å². The Bertz CT molecular complexity index is 162. The van der Waals surface area contributed by atoms with Crippen molar-refractivity contribution in [2.24, 2.45) is 5.92 Å². The molecule has 0 bridgehead atoms. The molecular formula is C14H30N2. The Morgan fingerprint density at radius 2 is 1.62 bits per heavy atom. The minimum Gasteiger partial charge on any atom is -0.315 e. The molecule has 0 aromatic heterocycles. The van der Waals surface area contributed by atoms with Crippen LogP contribution < -0.4 is 5.32 Å². The van der Waals surface area contributed by atoms with E-state index in [-0.39, 0.29) is 0 Å². The molecule has 2 atom stereocenters. The first kappa shape index (κ1) is 14.0. The van der Waals surface area contributed by atoms with Gasteiger partial charge in [0.15, 0.2) is 0 Å². The van der Waals surface area contributed by atoms with E-state index in [2.05, 4.69) is 31.0 Å². The maximum absolute atomic E-state index is 3.57. The Morgan fingerprint density at radius 1 is 1.00 bits per heavy atom. The molecule has 1 heterocycles. The van der Waals surface area contributed by atoms with Crippen molar-refractivity contribution in [3.8, 4) is 0 Å². The molecular weight excluding hydrogens is 196 g/mol. The third kappa shape index (κ3) is 4.06. The fourth-order valence-electron chi connectivity index (χ4n) is 2.73. The number of rotatable bonds is 8. The lowest BCUT2D eigenvalue weighted by Gasteiger charge is -2.32. The second-order valence-electron chi connectivity index (χ2n) is 5.14. The summed E-state index contributed by atoms with van der Waals surface area (Å²) in [5.41, 5.74) is 0. The van der Waals surface area contributed by atoms with Crippen LogP contribution in [-0.2, 0) is 0 Å². The molecule has 0 aromatic rings. The quantitative estimate of drug-likeness (QED) is 0.684. The highest BCUT2D eigenvalue weighted by molar-refractivity contribution is 4.87. The monoisotopic (exact) mass is 226 g/mol. The van der Waals surface area contributed by atoms with Gasteiger partial charge in [-0.2, -0.15) is 0 Å². The Hall–Kier alpha value is -0.0800. The Labute approximate surface area is 102 Å². The SMILES string of the molecule is CCCCN(CCCC)C1CNCC1CC. The van der Waals surface area contributed by atoms with Gasteiger partial charge in [-0.3, -0.25) is 4.90 Å². The summed E-state index contributed by atoms with van der Waals surface area (Å²) in [6, 6.07) is 0.808. The molecule has 1 fully saturated rings. The van der Waals surface area contributed by atoms with Crippen LogP contribution in [0.2, 0.25) is 0 Å². The molecule has 0 aliphatic carbocycles. The van der Waals surface area contributed by atoms with E-state index in [4.69, 9.17) is 0 Å². The predicted molar refractivity (Wildman–Crippen MR) is 71.8 cm³/mol. The summed E-state index contributed by atoms with van der Waals surface area (Å²) in [4.78, 5) is 2.75. The number of nitrogens with one attached hydrogen (secondary N) is 1. The van der Waals surface area contributed by atoms with Crippen LogP contribution >= 0.6 is 0 Å². The Balaban J connectivity index is 2.45. The number of hydrogen-bond donors (Lipinski definition) is 1. The molecule has 0 amide bonds. The fourth-order valence-corrected chi connectivity index (χ4v) is 2.73. The van der Waals surface area contributed by atoms with Gasteiger partial charge in [-0.1, -0.05) is 40.0 Å². The molecule has 16 heavy (non-hydrogen) atoms. The van der Waals surface area contributed by atoms with E-state index in [9.17, 15) is 0 Å². The summed E-state index contributed by atoms with van der Waals surface area (Å²) in [6.45, 7) is 12.0. The van der Waals surface area contributed by atoms with Gasteiger partial charge < -0.3 is 5.32 Å². The van der Waals surface area contributed by atoms with Crippen LogP contribution in [-0.4, -0.2) is 37.1 Å². The van der Waals surface area contributed by atoms with Crippen molar-refractivity contribution in [1.82, 2.24) is 10.2 Å². The Morgan fingerprint density at radius 3 is 2.12 bits per heavy atom. The molecule has 1 aliphatic heterocycles. The van der Waals surface area contributed by atoms with Gasteiger partial charge in [-0.15, -0.1) is 0 Å². The highest BCUT2D eigenvalue weighted by atomic mass is 15.2. The second kappa shape index (κ2) is 8.08. The van der Waals surface area contributed by atoms with E-state index in [0.29, 0.717) is 0 Å². The average molecular weight is 226 g/mol. The molecule has 1 saturated heterocycles. The standard InChI is InChI=1S/C14H30N2/c1-4-7-9-16(10-8-5-2)14-12-15-11-13(14)6-3/h13-15H,4-12H2,1-3H3. The van der Waals surface area contributed by atoms with Crippen molar-refractivity contribution in [3.05, 3.63) is 0 Å². The molecule has 0 spiro atoms. The highest BCUT2D eigenvalue weighted by Crippen LogP contribution is 2.20. The molecule has 2 nitrogen and oxygen atoms in total. The van der Waals surface area contributed by atoms with Crippen LogP contribution in [0.3, 0.4) is 0 Å². The van der Waals surface area contributed by atoms with Crippen LogP contribution in [0, 0.1) is 5.92 Å². The van der Waals surface area contributed by atoms with E-state index in [0.717, 1.165) is 12.0 Å². The van der Waals surface area contributed by atoms with Gasteiger partial charge >= 0.3 is 0 Å². The highest BCUT2D eigenvalue weighted by Gasteiger charge is 2.29. The fraction of sp³-hybridized carbons (Fsp3) is 1.00. The van der Waals surface area contributed by atoms with Crippen molar-refractivity contribution in [2.75, 3.05) is 26.2 Å². The normalized spacial score (nSPS) is 25.5. The number of unbranched alkanes of at least 4 members (excludes halogenated alkanes) is 2. The van der Waals surface area contributed by atoms with Crippen molar-refractivity contribution in [1.29, 1.82) is 0 Å². The minimum absolute atomic E-state index is 0.808. The first-order valence-corrected chi connectivity index (χ1v) is 7.28. The van der Waals surface area contributed by atoms with E-state index < -0.39 is 0 Å². The summed E-state index contributed by atoms with van der Waals surface area (Å²) in [6.07, 6.45) is 6.68. The van der Waals surface area contributed by atoms with E-state index in [1.165, 1.54) is 58.3 Å². The maximum Gasteiger partial charge on any atom is 0.0260 e. The first-order chi connectivity index (χ1) is 7.83. The van der Waals surface area contributed by atoms with E-state index >= 15 is 0 Å². The predicted octanol–water partition coefficient (Wildman–Crippen LogP) is 2.89. The minimum atomic E-state index is 0.808. The van der Waals surface area contributed by atoms with Crippen molar-refractivity contribution >= 4 is 0 Å². The molecule has 0 aromatic carbocycles. The van der Waals surface area contributed by atoms with Gasteiger partial charge in [0.25, 0.3) is 0 Å². The van der Waals surface area contributed by atoms with E-state index in [1.807, 2.05) is 0 Å². The van der Waals surface area contributed by atoms with Crippen LogP contribution in [0.15, 0.2) is 0 Å². The molecule has 0 saturated carbocycles. The number of nitrogens with zero attached hydrogens (tertiary/aromatic N) is 1. The largest absolute Gasteiger partial charge is 0.315 e. The maximum atomic E-state index is 3.57. The lowest BCUT2D eigenvalue weighted by molar-refractivity contribution is 0.164. The zero-order valence-corrected chi connectivity index (χ0v) is 11.5. The molecule has 0 radical (unpaired) electrons. The van der Waals surface area contributed by atoms with Crippen LogP contribution in [0.5, 0.6) is 0 Å². The molecule has 1 N–H and O–H groups in total. The zero-order chi connectivity index (χ0) is 11.8. The van der Waals surface area contributed by atoms with Gasteiger partial charge in [-0.25, -0.2) is 0 Å². The van der Waals surface area contributed by atoms with E-state index in [1.54, 1.807) is 0 Å². The van der Waals surface area contributed by atoms with Gasteiger partial charge in [0, 0.05) is 12.6 Å². The van der Waals surface area contributed by atoms with Crippen LogP contribution in [0.25, 0.3) is 0 Å². The molecule has 2 unspecified atom stereocenters. The lowest BCUT2D eigenvalue weighted by atomic mass is 9.98. The Kier molecular flexibility index (Phi) is 7.06. The topological polar surface area (TPSA) is 15.3 Å². The average Bonchev–Trinajstić information content (AvgIpc) is 2.77. The third-order valence-electron chi connectivity index (χ3n) is 3.90. The molecule has 2 heteroatoms. The molecule has 96 valence electrons. The molecule has 1 aliphatic rings. The zero-order valence-electron chi connectivity index (χ0n) is 11.5. The first-order valence-electron chi connectivity index (χ1n) is 7.28.